The molecule has 0 spiro atoms. The molecule has 4 nitrogen and oxygen atoms in total. The van der Waals surface area contributed by atoms with E-state index in [1.165, 1.54) is 19.3 Å². The molecule has 0 radical (unpaired) electrons. The highest BCUT2D eigenvalue weighted by Crippen LogP contribution is 2.22. The lowest BCUT2D eigenvalue weighted by Gasteiger charge is -2.28. The number of hydrogen-bond acceptors (Lipinski definition) is 3. The summed E-state index contributed by atoms with van der Waals surface area (Å²) < 4.78 is 0. The van der Waals surface area contributed by atoms with E-state index >= 15 is 0 Å². The second-order valence-electron chi connectivity index (χ2n) is 6.20. The van der Waals surface area contributed by atoms with Gasteiger partial charge >= 0.3 is 0 Å². The minimum absolute atomic E-state index is 0.103. The van der Waals surface area contributed by atoms with Gasteiger partial charge in [0.25, 0.3) is 5.91 Å². The van der Waals surface area contributed by atoms with Crippen molar-refractivity contribution in [2.75, 3.05) is 23.3 Å². The van der Waals surface area contributed by atoms with Gasteiger partial charge in [-0.05, 0) is 50.3 Å². The van der Waals surface area contributed by atoms with Gasteiger partial charge in [-0.2, -0.15) is 0 Å². The van der Waals surface area contributed by atoms with Crippen LogP contribution in [-0.2, 0) is 0 Å². The molecule has 0 saturated carbocycles. The smallest absolute Gasteiger partial charge is 0.257 e. The fourth-order valence-electron chi connectivity index (χ4n) is 3.07. The molecule has 3 rings (SSSR count). The van der Waals surface area contributed by atoms with Crippen LogP contribution in [0.15, 0.2) is 36.7 Å². The highest BCUT2D eigenvalue weighted by Gasteiger charge is 2.15. The van der Waals surface area contributed by atoms with Crippen molar-refractivity contribution in [3.8, 4) is 0 Å². The lowest BCUT2D eigenvalue weighted by atomic mass is 10.1. The van der Waals surface area contributed by atoms with Crippen molar-refractivity contribution < 1.29 is 4.79 Å². The van der Waals surface area contributed by atoms with Gasteiger partial charge in [-0.25, -0.2) is 0 Å². The Balaban J connectivity index is 1.80. The molecule has 120 valence electrons. The molecule has 1 aromatic carbocycles. The van der Waals surface area contributed by atoms with Crippen LogP contribution in [-0.4, -0.2) is 24.0 Å². The molecule has 1 saturated heterocycles. The topological polar surface area (TPSA) is 45.2 Å². The van der Waals surface area contributed by atoms with E-state index in [9.17, 15) is 4.79 Å². The summed E-state index contributed by atoms with van der Waals surface area (Å²) in [5.74, 6) is -0.103. The van der Waals surface area contributed by atoms with Gasteiger partial charge in [-0.3, -0.25) is 9.78 Å². The van der Waals surface area contributed by atoms with E-state index in [1.807, 2.05) is 44.3 Å². The maximum atomic E-state index is 12.6. The Bertz CT molecular complexity index is 685. The van der Waals surface area contributed by atoms with E-state index in [0.29, 0.717) is 5.56 Å². The number of hydrogen-bond donors (Lipinski definition) is 1. The molecular formula is C19H23N3O. The monoisotopic (exact) mass is 309 g/mol. The van der Waals surface area contributed by atoms with Crippen molar-refractivity contribution in [2.45, 2.75) is 33.1 Å². The maximum absolute atomic E-state index is 12.6. The van der Waals surface area contributed by atoms with Gasteiger partial charge in [0.1, 0.15) is 0 Å². The number of benzene rings is 1. The number of nitrogens with zero attached hydrogens (tertiary/aromatic N) is 2. The number of amides is 1. The maximum Gasteiger partial charge on any atom is 0.257 e. The molecule has 0 aliphatic carbocycles. The third-order valence-electron chi connectivity index (χ3n) is 4.43. The Labute approximate surface area is 137 Å². The van der Waals surface area contributed by atoms with Gasteiger partial charge < -0.3 is 10.2 Å². The second kappa shape index (κ2) is 6.82. The number of para-hydroxylation sites is 1. The van der Waals surface area contributed by atoms with Crippen LogP contribution >= 0.6 is 0 Å². The van der Waals surface area contributed by atoms with Crippen molar-refractivity contribution in [1.82, 2.24) is 4.98 Å². The summed E-state index contributed by atoms with van der Waals surface area (Å²) in [6, 6.07) is 7.95. The van der Waals surface area contributed by atoms with Gasteiger partial charge in [-0.1, -0.05) is 18.2 Å². The summed E-state index contributed by atoms with van der Waals surface area (Å²) in [6.45, 7) is 6.10. The highest BCUT2D eigenvalue weighted by molar-refractivity contribution is 6.05. The van der Waals surface area contributed by atoms with Crippen LogP contribution in [0.3, 0.4) is 0 Å². The van der Waals surface area contributed by atoms with Crippen LogP contribution in [0.25, 0.3) is 0 Å². The quantitative estimate of drug-likeness (QED) is 0.934. The standard InChI is InChI=1S/C19H23N3O/c1-14-7-6-8-15(2)18(14)21-19(23)16-11-17(13-20-12-16)22-9-4-3-5-10-22/h6-8,11-13H,3-5,9-10H2,1-2H3,(H,21,23). The van der Waals surface area contributed by atoms with Gasteiger partial charge in [0.05, 0.1) is 17.4 Å². The SMILES string of the molecule is Cc1cccc(C)c1NC(=O)c1cncc(N2CCCCC2)c1. The molecule has 1 fully saturated rings. The van der Waals surface area contributed by atoms with E-state index in [4.69, 9.17) is 0 Å². The Hall–Kier alpha value is -2.36. The van der Waals surface area contributed by atoms with Crippen LogP contribution in [0.4, 0.5) is 11.4 Å². The lowest BCUT2D eigenvalue weighted by Crippen LogP contribution is -2.29. The minimum atomic E-state index is -0.103. The predicted molar refractivity (Wildman–Crippen MR) is 94.2 cm³/mol. The van der Waals surface area contributed by atoms with Crippen LogP contribution in [0.2, 0.25) is 0 Å². The van der Waals surface area contributed by atoms with E-state index in [0.717, 1.165) is 35.6 Å². The summed E-state index contributed by atoms with van der Waals surface area (Å²) in [7, 11) is 0. The number of carbonyl (C=O) groups excluding carboxylic acids is 1. The molecule has 0 bridgehead atoms. The molecule has 2 aromatic rings. The summed E-state index contributed by atoms with van der Waals surface area (Å²) in [5.41, 5.74) is 4.67. The van der Waals surface area contributed by atoms with Gasteiger partial charge in [0, 0.05) is 25.0 Å². The van der Waals surface area contributed by atoms with Crippen molar-refractivity contribution >= 4 is 17.3 Å². The first-order valence-electron chi connectivity index (χ1n) is 8.23. The Morgan fingerprint density at radius 3 is 2.48 bits per heavy atom. The largest absolute Gasteiger partial charge is 0.370 e. The normalized spacial score (nSPS) is 14.6. The average Bonchev–Trinajstić information content (AvgIpc) is 2.59. The van der Waals surface area contributed by atoms with Crippen molar-refractivity contribution in [2.24, 2.45) is 0 Å². The molecule has 0 unspecified atom stereocenters. The second-order valence-corrected chi connectivity index (χ2v) is 6.20. The van der Waals surface area contributed by atoms with Crippen LogP contribution in [0.5, 0.6) is 0 Å². The molecule has 0 atom stereocenters. The van der Waals surface area contributed by atoms with Crippen molar-refractivity contribution in [3.63, 3.8) is 0 Å². The summed E-state index contributed by atoms with van der Waals surface area (Å²) in [4.78, 5) is 19.2. The lowest BCUT2D eigenvalue weighted by molar-refractivity contribution is 0.102. The zero-order valence-corrected chi connectivity index (χ0v) is 13.8. The number of anilines is 2. The van der Waals surface area contributed by atoms with Gasteiger partial charge in [0.15, 0.2) is 0 Å². The minimum Gasteiger partial charge on any atom is -0.370 e. The predicted octanol–water partition coefficient (Wildman–Crippen LogP) is 3.94. The fourth-order valence-corrected chi connectivity index (χ4v) is 3.07. The number of piperidine rings is 1. The molecule has 1 aromatic heterocycles. The van der Waals surface area contributed by atoms with E-state index < -0.39 is 0 Å². The summed E-state index contributed by atoms with van der Waals surface area (Å²) in [6.07, 6.45) is 7.19. The number of carbonyl (C=O) groups is 1. The Morgan fingerprint density at radius 2 is 1.78 bits per heavy atom. The van der Waals surface area contributed by atoms with Gasteiger partial charge in [-0.15, -0.1) is 0 Å². The molecule has 1 amide bonds. The Kier molecular flexibility index (Phi) is 4.60. The molecule has 2 heterocycles. The van der Waals surface area contributed by atoms with Crippen LogP contribution in [0, 0.1) is 13.8 Å². The third kappa shape index (κ3) is 3.52. The van der Waals surface area contributed by atoms with Crippen LogP contribution in [0.1, 0.15) is 40.7 Å². The van der Waals surface area contributed by atoms with E-state index in [1.54, 1.807) is 6.20 Å². The third-order valence-corrected chi connectivity index (χ3v) is 4.43. The average molecular weight is 309 g/mol. The number of rotatable bonds is 3. The first kappa shape index (κ1) is 15.5. The number of pyridine rings is 1. The highest BCUT2D eigenvalue weighted by atomic mass is 16.1. The zero-order valence-electron chi connectivity index (χ0n) is 13.8. The first-order valence-corrected chi connectivity index (χ1v) is 8.23. The molecular weight excluding hydrogens is 286 g/mol. The van der Waals surface area contributed by atoms with Crippen molar-refractivity contribution in [1.29, 1.82) is 0 Å². The molecule has 23 heavy (non-hydrogen) atoms. The summed E-state index contributed by atoms with van der Waals surface area (Å²) >= 11 is 0. The van der Waals surface area contributed by atoms with Gasteiger partial charge in [0.2, 0.25) is 0 Å². The number of nitrogens with one attached hydrogen (secondary N) is 1. The molecule has 1 aliphatic rings. The Morgan fingerprint density at radius 1 is 1.09 bits per heavy atom. The molecule has 1 aliphatic heterocycles. The van der Waals surface area contributed by atoms with Crippen LogP contribution < -0.4 is 10.2 Å². The molecule has 1 N–H and O–H groups in total. The fraction of sp³-hybridized carbons (Fsp3) is 0.368. The van der Waals surface area contributed by atoms with E-state index in [2.05, 4.69) is 15.2 Å². The number of aryl methyl sites for hydroxylation is 2. The summed E-state index contributed by atoms with van der Waals surface area (Å²) in [5, 5.41) is 3.03. The first-order chi connectivity index (χ1) is 11.1. The van der Waals surface area contributed by atoms with E-state index in [-0.39, 0.29) is 5.91 Å². The zero-order chi connectivity index (χ0) is 16.2. The van der Waals surface area contributed by atoms with Crippen molar-refractivity contribution in [3.05, 3.63) is 53.3 Å². The number of aromatic nitrogens is 1. The molecule has 4 heteroatoms.